The van der Waals surface area contributed by atoms with Crippen LogP contribution >= 0.6 is 0 Å². The van der Waals surface area contributed by atoms with E-state index in [1.165, 1.54) is 11.1 Å². The van der Waals surface area contributed by atoms with Crippen LogP contribution in [0.15, 0.2) is 60.7 Å². The van der Waals surface area contributed by atoms with Gasteiger partial charge in [0, 0.05) is 19.1 Å². The normalized spacial score (nSPS) is 26.3. The SMILES string of the molecule is CC(C)(C)[C@H]1C[C@@H](O)[C@H](O)[C@H](N(Cc2ccccc2)Cc2ccccc2)C1. The molecule has 1 fully saturated rings. The zero-order chi connectivity index (χ0) is 19.4. The zero-order valence-corrected chi connectivity index (χ0v) is 16.8. The molecule has 146 valence electrons. The molecule has 2 aromatic rings. The van der Waals surface area contributed by atoms with Crippen molar-refractivity contribution in [1.29, 1.82) is 0 Å². The Morgan fingerprint density at radius 3 is 1.74 bits per heavy atom. The fraction of sp³-hybridized carbons (Fsp3) is 0.500. The minimum atomic E-state index is -0.712. The van der Waals surface area contributed by atoms with Crippen molar-refractivity contribution in [2.24, 2.45) is 11.3 Å². The van der Waals surface area contributed by atoms with Crippen LogP contribution in [0.1, 0.15) is 44.7 Å². The van der Waals surface area contributed by atoms with Crippen molar-refractivity contribution in [2.45, 2.75) is 65.0 Å². The molecule has 0 aliphatic heterocycles. The van der Waals surface area contributed by atoms with Gasteiger partial charge in [-0.1, -0.05) is 81.4 Å². The van der Waals surface area contributed by atoms with E-state index in [2.05, 4.69) is 74.2 Å². The third-order valence-electron chi connectivity index (χ3n) is 5.99. The van der Waals surface area contributed by atoms with Crippen LogP contribution in [0.3, 0.4) is 0 Å². The van der Waals surface area contributed by atoms with Crippen LogP contribution < -0.4 is 0 Å². The Morgan fingerprint density at radius 2 is 1.30 bits per heavy atom. The quantitative estimate of drug-likeness (QED) is 0.831. The van der Waals surface area contributed by atoms with Gasteiger partial charge in [0.1, 0.15) is 0 Å². The van der Waals surface area contributed by atoms with Gasteiger partial charge in [-0.15, -0.1) is 0 Å². The number of rotatable bonds is 5. The molecular weight excluding hydrogens is 334 g/mol. The van der Waals surface area contributed by atoms with E-state index in [9.17, 15) is 10.2 Å². The van der Waals surface area contributed by atoms with Crippen LogP contribution in [0.4, 0.5) is 0 Å². The fourth-order valence-corrected chi connectivity index (χ4v) is 4.21. The van der Waals surface area contributed by atoms with Crippen LogP contribution in [0, 0.1) is 11.3 Å². The summed E-state index contributed by atoms with van der Waals surface area (Å²) in [7, 11) is 0. The van der Waals surface area contributed by atoms with Gasteiger partial charge in [0.05, 0.1) is 12.2 Å². The molecular formula is C24H33NO2. The lowest BCUT2D eigenvalue weighted by molar-refractivity contribution is -0.0983. The maximum Gasteiger partial charge on any atom is 0.0954 e. The van der Waals surface area contributed by atoms with Gasteiger partial charge in [-0.2, -0.15) is 0 Å². The van der Waals surface area contributed by atoms with Crippen LogP contribution in [-0.2, 0) is 13.1 Å². The molecule has 0 bridgehead atoms. The van der Waals surface area contributed by atoms with Crippen molar-refractivity contribution in [1.82, 2.24) is 4.90 Å². The predicted molar refractivity (Wildman–Crippen MR) is 110 cm³/mol. The summed E-state index contributed by atoms with van der Waals surface area (Å²) in [5.41, 5.74) is 2.57. The summed E-state index contributed by atoms with van der Waals surface area (Å²) in [5, 5.41) is 21.4. The second-order valence-corrected chi connectivity index (χ2v) is 9.04. The molecule has 0 heterocycles. The van der Waals surface area contributed by atoms with Crippen molar-refractivity contribution >= 4 is 0 Å². The molecule has 0 radical (unpaired) electrons. The molecule has 1 saturated carbocycles. The molecule has 0 spiro atoms. The highest BCUT2D eigenvalue weighted by Gasteiger charge is 2.42. The molecule has 2 aromatic carbocycles. The number of benzene rings is 2. The second kappa shape index (κ2) is 8.55. The first-order valence-electron chi connectivity index (χ1n) is 10.0. The Bertz CT molecular complexity index is 654. The molecule has 0 amide bonds. The van der Waals surface area contributed by atoms with Crippen molar-refractivity contribution in [3.8, 4) is 0 Å². The number of aliphatic hydroxyl groups excluding tert-OH is 2. The van der Waals surface area contributed by atoms with E-state index >= 15 is 0 Å². The third-order valence-corrected chi connectivity index (χ3v) is 5.99. The minimum absolute atomic E-state index is 0.0570. The monoisotopic (exact) mass is 367 g/mol. The standard InChI is InChI=1S/C24H33NO2/c1-24(2,3)20-14-21(23(27)22(26)15-20)25(16-18-10-6-4-7-11-18)17-19-12-8-5-9-13-19/h4-13,20-23,26-27H,14-17H2,1-3H3/t20-,21-,22-,23-/m1/s1. The lowest BCUT2D eigenvalue weighted by atomic mass is 9.69. The van der Waals surface area contributed by atoms with Gasteiger partial charge in [0.2, 0.25) is 0 Å². The minimum Gasteiger partial charge on any atom is -0.390 e. The van der Waals surface area contributed by atoms with E-state index in [1.807, 2.05) is 12.1 Å². The van der Waals surface area contributed by atoms with Crippen LogP contribution in [0.5, 0.6) is 0 Å². The molecule has 2 N–H and O–H groups in total. The van der Waals surface area contributed by atoms with Gasteiger partial charge in [0.25, 0.3) is 0 Å². The maximum atomic E-state index is 10.9. The number of hydrogen-bond acceptors (Lipinski definition) is 3. The Kier molecular flexibility index (Phi) is 6.36. The second-order valence-electron chi connectivity index (χ2n) is 9.04. The third kappa shape index (κ3) is 5.19. The zero-order valence-electron chi connectivity index (χ0n) is 16.8. The molecule has 1 aliphatic carbocycles. The number of hydrogen-bond donors (Lipinski definition) is 2. The number of aliphatic hydroxyl groups is 2. The van der Waals surface area contributed by atoms with Crippen molar-refractivity contribution in [2.75, 3.05) is 0 Å². The van der Waals surface area contributed by atoms with Gasteiger partial charge in [0.15, 0.2) is 0 Å². The summed E-state index contributed by atoms with van der Waals surface area (Å²) >= 11 is 0. The van der Waals surface area contributed by atoms with Gasteiger partial charge in [-0.25, -0.2) is 0 Å². The molecule has 1 aliphatic rings. The van der Waals surface area contributed by atoms with Crippen molar-refractivity contribution < 1.29 is 10.2 Å². The lowest BCUT2D eigenvalue weighted by Crippen LogP contribution is -2.54. The van der Waals surface area contributed by atoms with Gasteiger partial charge in [-0.05, 0) is 35.3 Å². The Morgan fingerprint density at radius 1 is 0.815 bits per heavy atom. The summed E-state index contributed by atoms with van der Waals surface area (Å²) in [5.74, 6) is 0.384. The van der Waals surface area contributed by atoms with E-state index in [4.69, 9.17) is 0 Å². The molecule has 27 heavy (non-hydrogen) atoms. The summed E-state index contributed by atoms with van der Waals surface area (Å²) in [6, 6.07) is 20.7. The van der Waals surface area contributed by atoms with E-state index in [1.54, 1.807) is 0 Å². The maximum absolute atomic E-state index is 10.9. The average molecular weight is 368 g/mol. The van der Waals surface area contributed by atoms with E-state index in [-0.39, 0.29) is 11.5 Å². The molecule has 0 aromatic heterocycles. The molecule has 3 nitrogen and oxygen atoms in total. The van der Waals surface area contributed by atoms with Crippen LogP contribution in [0.2, 0.25) is 0 Å². The summed E-state index contributed by atoms with van der Waals surface area (Å²) in [6.07, 6.45) is 0.200. The van der Waals surface area contributed by atoms with Crippen molar-refractivity contribution in [3.63, 3.8) is 0 Å². The average Bonchev–Trinajstić information content (AvgIpc) is 2.64. The summed E-state index contributed by atoms with van der Waals surface area (Å²) in [4.78, 5) is 2.34. The largest absolute Gasteiger partial charge is 0.390 e. The van der Waals surface area contributed by atoms with E-state index in [0.29, 0.717) is 12.3 Å². The predicted octanol–water partition coefficient (Wildman–Crippen LogP) is 4.24. The molecule has 4 atom stereocenters. The topological polar surface area (TPSA) is 43.7 Å². The first kappa shape index (κ1) is 20.1. The summed E-state index contributed by atoms with van der Waals surface area (Å²) in [6.45, 7) is 8.23. The highest BCUT2D eigenvalue weighted by atomic mass is 16.3. The van der Waals surface area contributed by atoms with E-state index < -0.39 is 12.2 Å². The molecule has 0 unspecified atom stereocenters. The van der Waals surface area contributed by atoms with Crippen LogP contribution in [-0.4, -0.2) is 33.4 Å². The van der Waals surface area contributed by atoms with Gasteiger partial charge in [-0.3, -0.25) is 4.90 Å². The molecule has 3 rings (SSSR count). The van der Waals surface area contributed by atoms with Gasteiger partial charge < -0.3 is 10.2 Å². The van der Waals surface area contributed by atoms with Crippen molar-refractivity contribution in [3.05, 3.63) is 71.8 Å². The highest BCUT2D eigenvalue weighted by Crippen LogP contribution is 2.40. The molecule has 3 heteroatoms. The fourth-order valence-electron chi connectivity index (χ4n) is 4.21. The Labute approximate surface area is 163 Å². The lowest BCUT2D eigenvalue weighted by Gasteiger charge is -2.46. The Balaban J connectivity index is 1.87. The van der Waals surface area contributed by atoms with Gasteiger partial charge >= 0.3 is 0 Å². The summed E-state index contributed by atoms with van der Waals surface area (Å²) < 4.78 is 0. The first-order valence-corrected chi connectivity index (χ1v) is 10.0. The first-order chi connectivity index (χ1) is 12.8. The number of nitrogens with zero attached hydrogens (tertiary/aromatic N) is 1. The molecule has 0 saturated heterocycles. The Hall–Kier alpha value is -1.68. The van der Waals surface area contributed by atoms with E-state index in [0.717, 1.165) is 19.5 Å². The van der Waals surface area contributed by atoms with Crippen LogP contribution in [0.25, 0.3) is 0 Å². The smallest absolute Gasteiger partial charge is 0.0954 e. The highest BCUT2D eigenvalue weighted by molar-refractivity contribution is 5.18.